The van der Waals surface area contributed by atoms with Crippen molar-refractivity contribution in [3.63, 3.8) is 0 Å². The number of likely N-dealkylation sites (tertiary alicyclic amines) is 2. The van der Waals surface area contributed by atoms with Crippen molar-refractivity contribution >= 4 is 5.78 Å². The molecule has 5 aliphatic heterocycles. The lowest BCUT2D eigenvalue weighted by Gasteiger charge is -2.66. The summed E-state index contributed by atoms with van der Waals surface area (Å²) in [6.07, 6.45) is 5.26. The number of Topliss-reactive ketones (excluding diaryl/α,β-unsaturated/α-hetero) is 1. The summed E-state index contributed by atoms with van der Waals surface area (Å²) in [7, 11) is 7.51. The molecular formula is C46H64N2O11. The molecule has 3 saturated heterocycles. The number of benzene rings is 2. The van der Waals surface area contributed by atoms with Crippen LogP contribution >= 0.6 is 0 Å². The molecule has 0 amide bonds. The van der Waals surface area contributed by atoms with Gasteiger partial charge in [-0.1, -0.05) is 12.1 Å². The van der Waals surface area contributed by atoms with Crippen LogP contribution in [-0.4, -0.2) is 143 Å². The first-order valence-electron chi connectivity index (χ1n) is 21.8. The number of hydrogen-bond acceptors (Lipinski definition) is 13. The van der Waals surface area contributed by atoms with Crippen molar-refractivity contribution in [1.82, 2.24) is 9.80 Å². The Kier molecular flexibility index (Phi) is 10.00. The minimum Gasteiger partial charge on any atom is -0.493 e. The van der Waals surface area contributed by atoms with E-state index < -0.39 is 33.9 Å². The number of carbonyl (C=O) groups is 1. The fourth-order valence-corrected chi connectivity index (χ4v) is 13.6. The predicted molar refractivity (Wildman–Crippen MR) is 217 cm³/mol. The second kappa shape index (κ2) is 14.3. The Bertz CT molecular complexity index is 1980. The molecule has 5 heterocycles. The quantitative estimate of drug-likeness (QED) is 0.355. The van der Waals surface area contributed by atoms with Gasteiger partial charge in [0.2, 0.25) is 5.79 Å². The van der Waals surface area contributed by atoms with E-state index in [0.29, 0.717) is 43.6 Å². The van der Waals surface area contributed by atoms with Crippen molar-refractivity contribution < 1.29 is 53.6 Å². The molecule has 9 aliphatic rings. The summed E-state index contributed by atoms with van der Waals surface area (Å²) in [6.45, 7) is 9.34. The number of fused-ring (bicyclic) bond motifs is 1. The Morgan fingerprint density at radius 1 is 0.746 bits per heavy atom. The van der Waals surface area contributed by atoms with E-state index in [4.69, 9.17) is 38.6 Å². The van der Waals surface area contributed by atoms with Crippen LogP contribution in [0.15, 0.2) is 24.3 Å². The third-order valence-electron chi connectivity index (χ3n) is 15.8. The number of nitrogens with zero attached hydrogens (tertiary/aromatic N) is 2. The summed E-state index contributed by atoms with van der Waals surface area (Å²) in [6, 6.07) is 8.28. The first kappa shape index (κ1) is 41.3. The number of carbonyl (C=O) groups excluding carboxylic acids is 1. The summed E-state index contributed by atoms with van der Waals surface area (Å²) in [5, 5.41) is 41.2. The van der Waals surface area contributed by atoms with Crippen LogP contribution in [0.3, 0.4) is 0 Å². The molecule has 4 bridgehead atoms. The van der Waals surface area contributed by atoms with Gasteiger partial charge in [0.15, 0.2) is 41.0 Å². The molecule has 2 aromatic rings. The van der Waals surface area contributed by atoms with Crippen LogP contribution in [0.25, 0.3) is 0 Å². The maximum Gasteiger partial charge on any atom is 0.207 e. The van der Waals surface area contributed by atoms with Crippen LogP contribution in [0.4, 0.5) is 0 Å². The number of hydrogen-bond donors (Lipinski definition) is 4. The highest BCUT2D eigenvalue weighted by Crippen LogP contribution is 2.69. The Labute approximate surface area is 347 Å². The van der Waals surface area contributed by atoms with Crippen molar-refractivity contribution in [2.45, 2.75) is 168 Å². The Morgan fingerprint density at radius 2 is 1.25 bits per heavy atom. The summed E-state index contributed by atoms with van der Waals surface area (Å²) >= 11 is 0. The van der Waals surface area contributed by atoms with E-state index in [0.717, 1.165) is 67.8 Å². The van der Waals surface area contributed by atoms with E-state index in [1.54, 1.807) is 28.1 Å². The zero-order valence-corrected chi connectivity index (χ0v) is 36.0. The maximum absolute atomic E-state index is 12.7. The van der Waals surface area contributed by atoms with E-state index in [2.05, 4.69) is 49.9 Å². The number of likely N-dealkylation sites (N-methyl/N-ethyl adjacent to an activating group) is 2. The smallest absolute Gasteiger partial charge is 0.207 e. The molecule has 0 aromatic heterocycles. The molecule has 4 aliphatic carbocycles. The number of aliphatic hydroxyl groups excluding tert-OH is 2. The molecule has 13 nitrogen and oxygen atoms in total. The van der Waals surface area contributed by atoms with Gasteiger partial charge in [-0.3, -0.25) is 4.79 Å². The number of ether oxygens (including phenoxy) is 6. The second-order valence-corrected chi connectivity index (χ2v) is 19.3. The monoisotopic (exact) mass is 820 g/mol. The average Bonchev–Trinajstić information content (AvgIpc) is 3.73. The maximum atomic E-state index is 12.7. The van der Waals surface area contributed by atoms with Gasteiger partial charge >= 0.3 is 0 Å². The van der Waals surface area contributed by atoms with Crippen molar-refractivity contribution in [3.05, 3.63) is 46.5 Å². The number of methoxy groups -OCH3 is 2. The van der Waals surface area contributed by atoms with Gasteiger partial charge in [0.25, 0.3) is 0 Å². The van der Waals surface area contributed by atoms with E-state index >= 15 is 0 Å². The summed E-state index contributed by atoms with van der Waals surface area (Å²) in [4.78, 5) is 17.2. The molecule has 0 radical (unpaired) electrons. The lowest BCUT2D eigenvalue weighted by atomic mass is 9.48. The van der Waals surface area contributed by atoms with E-state index in [9.17, 15) is 15.0 Å². The summed E-state index contributed by atoms with van der Waals surface area (Å²) in [5.41, 5.74) is 1.75. The Morgan fingerprint density at radius 3 is 1.78 bits per heavy atom. The van der Waals surface area contributed by atoms with Crippen LogP contribution in [0, 0.1) is 0 Å². The highest BCUT2D eigenvalue weighted by Gasteiger charge is 2.78. The average molecular weight is 821 g/mol. The Hall–Kier alpha value is -3.01. The predicted octanol–water partition coefficient (Wildman–Crippen LogP) is 3.58. The van der Waals surface area contributed by atoms with Gasteiger partial charge in [0.1, 0.15) is 0 Å². The van der Waals surface area contributed by atoms with Crippen molar-refractivity contribution in [2.75, 3.05) is 41.4 Å². The zero-order chi connectivity index (χ0) is 42.0. The van der Waals surface area contributed by atoms with Crippen LogP contribution < -0.4 is 18.9 Å². The van der Waals surface area contributed by atoms with Gasteiger partial charge in [-0.15, -0.1) is 0 Å². The minimum atomic E-state index is -0.900. The molecule has 3 spiro atoms. The van der Waals surface area contributed by atoms with Gasteiger partial charge < -0.3 is 58.6 Å². The van der Waals surface area contributed by atoms with Crippen LogP contribution in [0.2, 0.25) is 0 Å². The van der Waals surface area contributed by atoms with Crippen molar-refractivity contribution in [2.24, 2.45) is 0 Å². The van der Waals surface area contributed by atoms with E-state index in [1.165, 1.54) is 11.1 Å². The van der Waals surface area contributed by atoms with Crippen molar-refractivity contribution in [1.29, 1.82) is 0 Å². The third-order valence-corrected chi connectivity index (χ3v) is 15.8. The molecule has 11 rings (SSSR count). The van der Waals surface area contributed by atoms with Gasteiger partial charge in [0.05, 0.1) is 60.7 Å². The highest BCUT2D eigenvalue weighted by molar-refractivity contribution is 5.90. The molecule has 2 aromatic carbocycles. The molecule has 2 saturated carbocycles. The molecule has 59 heavy (non-hydrogen) atoms. The molecule has 5 fully saturated rings. The number of ketones is 1. The van der Waals surface area contributed by atoms with Gasteiger partial charge in [-0.25, -0.2) is 0 Å². The SMILES string of the molecule is CC(O)CC(C)O.COc1ccc2c3c1O[C@H]1C(=O)CCC4(O)[C@@H](C2)N(C)CC[C@]314.COc1ccc2c3c1O[C@H]1C4(CCC5(O)[C@@H](C2)N(C)CC[C@]315)OC(C)CC(C)O4. The van der Waals surface area contributed by atoms with Crippen molar-refractivity contribution in [3.8, 4) is 23.0 Å². The number of rotatable bonds is 4. The minimum absolute atomic E-state index is 0.0438. The molecular weight excluding hydrogens is 757 g/mol. The first-order chi connectivity index (χ1) is 28.0. The second-order valence-electron chi connectivity index (χ2n) is 19.3. The molecule has 4 N–H and O–H groups in total. The summed E-state index contributed by atoms with van der Waals surface area (Å²) in [5.74, 6) is 2.16. The van der Waals surface area contributed by atoms with Gasteiger partial charge in [-0.2, -0.15) is 0 Å². The van der Waals surface area contributed by atoms with Gasteiger partial charge in [0, 0.05) is 36.1 Å². The van der Waals surface area contributed by atoms with E-state index in [-0.39, 0.29) is 48.4 Å². The fourth-order valence-electron chi connectivity index (χ4n) is 13.6. The standard InChI is InChI=1S/C23H31NO5.C18H21NO4.C5H12O2/c1-13-11-14(2)29-23(28-13)8-7-22(25)17-12-15-5-6-16(26-4)19-18(15)21(22,20(23)27-19)9-10-24(17)3;1-19-8-7-17-14-10-3-4-12(22-2)15(14)23-16(17)11(20)5-6-18(17,21)13(19)9-10;1-4(6)3-5(2)7/h5-6,13-14,17,20,25H,7-12H2,1-4H3;3-4,13,16,21H,5-9H2,1-2H3;4-7H,3H2,1-2H3/t13?,14?,17-,20-,21+,22?,23?;13-,16+,17+,18?;/m11./s1. The molecule has 6 unspecified atom stereocenters. The van der Waals surface area contributed by atoms with Crippen LogP contribution in [0.5, 0.6) is 23.0 Å². The van der Waals surface area contributed by atoms with Crippen LogP contribution in [-0.2, 0) is 37.9 Å². The summed E-state index contributed by atoms with van der Waals surface area (Å²) < 4.78 is 37.2. The highest BCUT2D eigenvalue weighted by atomic mass is 16.7. The lowest BCUT2D eigenvalue weighted by molar-refractivity contribution is -0.378. The molecule has 13 heteroatoms. The number of piperidine rings is 2. The van der Waals surface area contributed by atoms with Crippen LogP contribution in [0.1, 0.15) is 101 Å². The normalized spacial score (nSPS) is 41.5. The Balaban J connectivity index is 0.000000134. The molecule has 324 valence electrons. The van der Waals surface area contributed by atoms with Gasteiger partial charge in [-0.05, 0) is 130 Å². The zero-order valence-electron chi connectivity index (χ0n) is 36.0. The first-order valence-corrected chi connectivity index (χ1v) is 21.8. The number of aliphatic hydroxyl groups is 4. The molecule has 12 atom stereocenters. The topological polar surface area (TPSA) is 160 Å². The van der Waals surface area contributed by atoms with E-state index in [1.807, 2.05) is 12.1 Å². The third kappa shape index (κ3) is 5.60. The largest absolute Gasteiger partial charge is 0.493 e. The fraction of sp³-hybridized carbons (Fsp3) is 0.717. The lowest BCUT2D eigenvalue weighted by Crippen LogP contribution is -2.80.